The van der Waals surface area contributed by atoms with Crippen LogP contribution in [0.25, 0.3) is 0 Å². The molecule has 1 unspecified atom stereocenters. The van der Waals surface area contributed by atoms with Gasteiger partial charge >= 0.3 is 0 Å². The third-order valence-electron chi connectivity index (χ3n) is 3.44. The first kappa shape index (κ1) is 17.5. The molecule has 20 heavy (non-hydrogen) atoms. The van der Waals surface area contributed by atoms with Gasteiger partial charge in [-0.05, 0) is 38.8 Å². The zero-order chi connectivity index (χ0) is 15.3. The Balaban J connectivity index is 2.59. The molecule has 116 valence electrons. The molecule has 1 aromatic heterocycles. The average Bonchev–Trinajstić information content (AvgIpc) is 2.61. The second-order valence-electron chi connectivity index (χ2n) is 6.21. The van der Waals surface area contributed by atoms with E-state index >= 15 is 0 Å². The Bertz CT molecular complexity index is 427. The second kappa shape index (κ2) is 7.43. The van der Waals surface area contributed by atoms with Gasteiger partial charge in [0.1, 0.15) is 0 Å². The lowest BCUT2D eigenvalue weighted by molar-refractivity contribution is 0.0495. The molecule has 0 aliphatic rings. The summed E-state index contributed by atoms with van der Waals surface area (Å²) in [6.07, 6.45) is 2.03. The highest BCUT2D eigenvalue weighted by Crippen LogP contribution is 2.26. The molecule has 5 heteroatoms. The summed E-state index contributed by atoms with van der Waals surface area (Å²) in [4.78, 5) is 0. The maximum atomic E-state index is 10.5. The molecule has 1 rings (SSSR count). The minimum Gasteiger partial charge on any atom is -0.390 e. The Labute approximate surface area is 127 Å². The molecule has 0 spiro atoms. The fraction of sp³-hybridized carbons (Fsp3) is 0.800. The van der Waals surface area contributed by atoms with Crippen molar-refractivity contribution < 1.29 is 5.11 Å². The Morgan fingerprint density at radius 2 is 2.10 bits per heavy atom. The largest absolute Gasteiger partial charge is 0.390 e. The SMILES string of the molecule is CCc1nn(C)c(CC(C)(O)CCNCC(C)C)c1Cl. The summed E-state index contributed by atoms with van der Waals surface area (Å²) < 4.78 is 1.79. The molecular formula is C15H28ClN3O. The van der Waals surface area contributed by atoms with Gasteiger partial charge < -0.3 is 10.4 Å². The minimum atomic E-state index is -0.771. The quantitative estimate of drug-likeness (QED) is 0.726. The highest BCUT2D eigenvalue weighted by molar-refractivity contribution is 6.31. The third-order valence-corrected chi connectivity index (χ3v) is 3.88. The number of halogens is 1. The first-order chi connectivity index (χ1) is 9.26. The molecule has 0 radical (unpaired) electrons. The summed E-state index contributed by atoms with van der Waals surface area (Å²) >= 11 is 6.33. The lowest BCUT2D eigenvalue weighted by Gasteiger charge is -2.24. The molecular weight excluding hydrogens is 274 g/mol. The number of hydrogen-bond acceptors (Lipinski definition) is 3. The molecule has 0 amide bonds. The topological polar surface area (TPSA) is 50.1 Å². The summed E-state index contributed by atoms with van der Waals surface area (Å²) in [5, 5.41) is 19.0. The van der Waals surface area contributed by atoms with Crippen LogP contribution in [0.3, 0.4) is 0 Å². The lowest BCUT2D eigenvalue weighted by atomic mass is 9.95. The predicted octanol–water partition coefficient (Wildman–Crippen LogP) is 2.57. The number of aromatic nitrogens is 2. The number of rotatable bonds is 8. The van der Waals surface area contributed by atoms with E-state index in [1.54, 1.807) is 4.68 Å². The van der Waals surface area contributed by atoms with Crippen molar-refractivity contribution in [3.8, 4) is 0 Å². The maximum Gasteiger partial charge on any atom is 0.0850 e. The zero-order valence-corrected chi connectivity index (χ0v) is 14.1. The second-order valence-corrected chi connectivity index (χ2v) is 6.58. The van der Waals surface area contributed by atoms with Gasteiger partial charge in [0.25, 0.3) is 0 Å². The molecule has 0 aliphatic carbocycles. The van der Waals surface area contributed by atoms with E-state index < -0.39 is 5.60 Å². The number of nitrogens with zero attached hydrogens (tertiary/aromatic N) is 2. The van der Waals surface area contributed by atoms with Gasteiger partial charge in [0, 0.05) is 13.5 Å². The van der Waals surface area contributed by atoms with Gasteiger partial charge in [-0.2, -0.15) is 5.10 Å². The molecule has 4 nitrogen and oxygen atoms in total. The Hall–Kier alpha value is -0.580. The van der Waals surface area contributed by atoms with Crippen LogP contribution in [0.15, 0.2) is 0 Å². The van der Waals surface area contributed by atoms with E-state index in [1.807, 2.05) is 20.9 Å². The van der Waals surface area contributed by atoms with E-state index in [1.165, 1.54) is 0 Å². The smallest absolute Gasteiger partial charge is 0.0850 e. The molecule has 0 aromatic carbocycles. The van der Waals surface area contributed by atoms with E-state index in [-0.39, 0.29) is 0 Å². The van der Waals surface area contributed by atoms with Crippen molar-refractivity contribution in [2.24, 2.45) is 13.0 Å². The summed E-state index contributed by atoms with van der Waals surface area (Å²) in [5.41, 5.74) is 1.04. The van der Waals surface area contributed by atoms with Crippen molar-refractivity contribution in [2.45, 2.75) is 52.6 Å². The number of hydrogen-bond donors (Lipinski definition) is 2. The normalized spacial score (nSPS) is 14.8. The summed E-state index contributed by atoms with van der Waals surface area (Å²) in [6, 6.07) is 0. The van der Waals surface area contributed by atoms with E-state index in [2.05, 4.69) is 24.3 Å². The number of aliphatic hydroxyl groups is 1. The van der Waals surface area contributed by atoms with Gasteiger partial charge in [-0.25, -0.2) is 0 Å². The average molecular weight is 302 g/mol. The van der Waals surface area contributed by atoms with Crippen molar-refractivity contribution in [1.29, 1.82) is 0 Å². The van der Waals surface area contributed by atoms with Crippen molar-refractivity contribution in [3.05, 3.63) is 16.4 Å². The van der Waals surface area contributed by atoms with Gasteiger partial charge in [-0.3, -0.25) is 4.68 Å². The van der Waals surface area contributed by atoms with Crippen LogP contribution < -0.4 is 5.32 Å². The minimum absolute atomic E-state index is 0.526. The molecule has 0 saturated carbocycles. The molecule has 0 bridgehead atoms. The van der Waals surface area contributed by atoms with Crippen molar-refractivity contribution in [3.63, 3.8) is 0 Å². The summed E-state index contributed by atoms with van der Waals surface area (Å²) in [5.74, 6) is 0.624. The Kier molecular flexibility index (Phi) is 6.49. The molecule has 0 aliphatic heterocycles. The van der Waals surface area contributed by atoms with Gasteiger partial charge in [0.05, 0.1) is 22.0 Å². The van der Waals surface area contributed by atoms with Crippen molar-refractivity contribution in [2.75, 3.05) is 13.1 Å². The fourth-order valence-corrected chi connectivity index (χ4v) is 2.57. The van der Waals surface area contributed by atoms with Gasteiger partial charge in [0.15, 0.2) is 0 Å². The highest BCUT2D eigenvalue weighted by atomic mass is 35.5. The fourth-order valence-electron chi connectivity index (χ4n) is 2.21. The monoisotopic (exact) mass is 301 g/mol. The van der Waals surface area contributed by atoms with Crippen LogP contribution in [-0.2, 0) is 19.9 Å². The van der Waals surface area contributed by atoms with Crippen molar-refractivity contribution in [1.82, 2.24) is 15.1 Å². The predicted molar refractivity (Wildman–Crippen MR) is 84.2 cm³/mol. The van der Waals surface area contributed by atoms with E-state index in [4.69, 9.17) is 11.6 Å². The molecule has 0 fully saturated rings. The van der Waals surface area contributed by atoms with Crippen LogP contribution in [0.5, 0.6) is 0 Å². The van der Waals surface area contributed by atoms with E-state index in [9.17, 15) is 5.11 Å². The van der Waals surface area contributed by atoms with Gasteiger partial charge in [-0.15, -0.1) is 0 Å². The molecule has 1 aromatic rings. The van der Waals surface area contributed by atoms with Crippen LogP contribution in [0, 0.1) is 5.92 Å². The van der Waals surface area contributed by atoms with Gasteiger partial charge in [-0.1, -0.05) is 32.4 Å². The number of aryl methyl sites for hydroxylation is 2. The standard InChI is InChI=1S/C15H28ClN3O/c1-6-12-14(16)13(19(5)18-12)9-15(4,20)7-8-17-10-11(2)3/h11,17,20H,6-10H2,1-5H3. The Morgan fingerprint density at radius 1 is 1.45 bits per heavy atom. The highest BCUT2D eigenvalue weighted by Gasteiger charge is 2.25. The first-order valence-electron chi connectivity index (χ1n) is 7.40. The van der Waals surface area contributed by atoms with Crippen LogP contribution >= 0.6 is 11.6 Å². The van der Waals surface area contributed by atoms with Crippen LogP contribution in [-0.4, -0.2) is 33.6 Å². The zero-order valence-electron chi connectivity index (χ0n) is 13.3. The third kappa shape index (κ3) is 5.08. The van der Waals surface area contributed by atoms with Gasteiger partial charge in [0.2, 0.25) is 0 Å². The van der Waals surface area contributed by atoms with Crippen LogP contribution in [0.4, 0.5) is 0 Å². The summed E-state index contributed by atoms with van der Waals surface area (Å²) in [6.45, 7) is 10.0. The van der Waals surface area contributed by atoms with Crippen molar-refractivity contribution >= 4 is 11.6 Å². The van der Waals surface area contributed by atoms with E-state index in [0.29, 0.717) is 23.8 Å². The molecule has 2 N–H and O–H groups in total. The maximum absolute atomic E-state index is 10.5. The first-order valence-corrected chi connectivity index (χ1v) is 7.78. The lowest BCUT2D eigenvalue weighted by Crippen LogP contribution is -2.34. The summed E-state index contributed by atoms with van der Waals surface area (Å²) in [7, 11) is 1.88. The Morgan fingerprint density at radius 3 is 2.60 bits per heavy atom. The molecule has 1 atom stereocenters. The van der Waals surface area contributed by atoms with E-state index in [0.717, 1.165) is 30.9 Å². The van der Waals surface area contributed by atoms with Crippen LogP contribution in [0.1, 0.15) is 45.5 Å². The van der Waals surface area contributed by atoms with Crippen LogP contribution in [0.2, 0.25) is 5.02 Å². The number of nitrogens with one attached hydrogen (secondary N) is 1. The molecule has 1 heterocycles. The molecule has 0 saturated heterocycles.